The average Bonchev–Trinajstić information content (AvgIpc) is 2.17. The van der Waals surface area contributed by atoms with Crippen molar-refractivity contribution in [3.05, 3.63) is 24.3 Å². The highest BCUT2D eigenvalue weighted by Crippen LogP contribution is 2.19. The number of rotatable bonds is 2. The molecule has 0 heterocycles. The van der Waals surface area contributed by atoms with Gasteiger partial charge in [0, 0.05) is 6.04 Å². The molecule has 0 saturated carbocycles. The second-order valence-corrected chi connectivity index (χ2v) is 2.52. The quantitative estimate of drug-likeness (QED) is 0.555. The predicted octanol–water partition coefficient (Wildman–Crippen LogP) is 1.61. The summed E-state index contributed by atoms with van der Waals surface area (Å²) in [5.74, 6) is 0. The maximum atomic E-state index is 5.64. The highest BCUT2D eigenvalue weighted by molar-refractivity contribution is 5.15. The van der Waals surface area contributed by atoms with E-state index in [0.717, 1.165) is 12.8 Å². The lowest BCUT2D eigenvalue weighted by atomic mass is 10.2. The first-order chi connectivity index (χ1) is 4.33. The minimum absolute atomic E-state index is 0.319. The van der Waals surface area contributed by atoms with Crippen LogP contribution in [0.4, 0.5) is 0 Å². The monoisotopic (exact) mass is 123 g/mol. The Balaban J connectivity index is 2.41. The van der Waals surface area contributed by atoms with E-state index in [9.17, 15) is 0 Å². The molecule has 0 bridgehead atoms. The Morgan fingerprint density at radius 2 is 2.67 bits per heavy atom. The second-order valence-electron chi connectivity index (χ2n) is 2.52. The Bertz CT molecular complexity index is 136. The van der Waals surface area contributed by atoms with Gasteiger partial charge < -0.3 is 5.73 Å². The van der Waals surface area contributed by atoms with Crippen LogP contribution in [0, 0.1) is 0 Å². The van der Waals surface area contributed by atoms with Gasteiger partial charge in [0.15, 0.2) is 0 Å². The normalized spacial score (nSPS) is 25.9. The van der Waals surface area contributed by atoms with E-state index < -0.39 is 0 Å². The molecule has 2 N–H and O–H groups in total. The standard InChI is InChI=1S/C8H13N/c1-2-3-7-4-5-8(9)6-7/h2,6,8H,1,3-5,9H2. The van der Waals surface area contributed by atoms with Crippen LogP contribution >= 0.6 is 0 Å². The maximum absolute atomic E-state index is 5.64. The molecule has 1 rings (SSSR count). The van der Waals surface area contributed by atoms with Crippen LogP contribution in [0.15, 0.2) is 24.3 Å². The number of hydrogen-bond donors (Lipinski definition) is 1. The Kier molecular flexibility index (Phi) is 2.06. The van der Waals surface area contributed by atoms with Crippen LogP contribution in [0.1, 0.15) is 19.3 Å². The van der Waals surface area contributed by atoms with E-state index in [1.807, 2.05) is 6.08 Å². The summed E-state index contributed by atoms with van der Waals surface area (Å²) in [5, 5.41) is 0. The van der Waals surface area contributed by atoms with Gasteiger partial charge in [-0.3, -0.25) is 0 Å². The third kappa shape index (κ3) is 1.68. The van der Waals surface area contributed by atoms with Crippen molar-refractivity contribution in [2.75, 3.05) is 0 Å². The van der Waals surface area contributed by atoms with Crippen molar-refractivity contribution in [3.63, 3.8) is 0 Å². The number of hydrogen-bond acceptors (Lipinski definition) is 1. The molecule has 1 nitrogen and oxygen atoms in total. The van der Waals surface area contributed by atoms with Gasteiger partial charge in [0.2, 0.25) is 0 Å². The van der Waals surface area contributed by atoms with Crippen molar-refractivity contribution in [1.82, 2.24) is 0 Å². The van der Waals surface area contributed by atoms with E-state index in [-0.39, 0.29) is 0 Å². The summed E-state index contributed by atoms with van der Waals surface area (Å²) in [6.07, 6.45) is 7.41. The molecule has 0 aromatic carbocycles. The Labute approximate surface area is 56.2 Å². The van der Waals surface area contributed by atoms with E-state index in [1.54, 1.807) is 0 Å². The minimum Gasteiger partial charge on any atom is -0.324 e. The lowest BCUT2D eigenvalue weighted by Gasteiger charge is -1.91. The third-order valence-corrected chi connectivity index (χ3v) is 1.66. The van der Waals surface area contributed by atoms with Gasteiger partial charge in [-0.2, -0.15) is 0 Å². The number of allylic oxidation sites excluding steroid dienone is 2. The number of nitrogens with two attached hydrogens (primary N) is 1. The van der Waals surface area contributed by atoms with Crippen molar-refractivity contribution in [2.45, 2.75) is 25.3 Å². The van der Waals surface area contributed by atoms with Crippen molar-refractivity contribution in [3.8, 4) is 0 Å². The Hall–Kier alpha value is -0.560. The molecule has 50 valence electrons. The molecule has 0 fully saturated rings. The minimum atomic E-state index is 0.319. The third-order valence-electron chi connectivity index (χ3n) is 1.66. The molecule has 0 radical (unpaired) electrons. The van der Waals surface area contributed by atoms with E-state index >= 15 is 0 Å². The molecule has 0 saturated heterocycles. The first-order valence-corrected chi connectivity index (χ1v) is 3.39. The fraction of sp³-hybridized carbons (Fsp3) is 0.500. The fourth-order valence-electron chi connectivity index (χ4n) is 1.18. The van der Waals surface area contributed by atoms with Crippen LogP contribution in [0.5, 0.6) is 0 Å². The van der Waals surface area contributed by atoms with Crippen molar-refractivity contribution in [2.24, 2.45) is 5.73 Å². The summed E-state index contributed by atoms with van der Waals surface area (Å²) >= 11 is 0. The van der Waals surface area contributed by atoms with Crippen LogP contribution in [0.2, 0.25) is 0 Å². The first-order valence-electron chi connectivity index (χ1n) is 3.39. The zero-order valence-electron chi connectivity index (χ0n) is 5.64. The molecule has 0 amide bonds. The van der Waals surface area contributed by atoms with Crippen LogP contribution in [0.25, 0.3) is 0 Å². The Morgan fingerprint density at radius 1 is 1.89 bits per heavy atom. The Morgan fingerprint density at radius 3 is 3.11 bits per heavy atom. The van der Waals surface area contributed by atoms with Crippen LogP contribution in [0.3, 0.4) is 0 Å². The van der Waals surface area contributed by atoms with Crippen molar-refractivity contribution < 1.29 is 0 Å². The summed E-state index contributed by atoms with van der Waals surface area (Å²) in [7, 11) is 0. The molecule has 1 aliphatic carbocycles. The van der Waals surface area contributed by atoms with Gasteiger partial charge in [0.25, 0.3) is 0 Å². The summed E-state index contributed by atoms with van der Waals surface area (Å²) < 4.78 is 0. The van der Waals surface area contributed by atoms with Crippen LogP contribution < -0.4 is 5.73 Å². The summed E-state index contributed by atoms with van der Waals surface area (Å²) in [5.41, 5.74) is 7.10. The van der Waals surface area contributed by atoms with Crippen molar-refractivity contribution >= 4 is 0 Å². The fourth-order valence-corrected chi connectivity index (χ4v) is 1.18. The average molecular weight is 123 g/mol. The van der Waals surface area contributed by atoms with Crippen molar-refractivity contribution in [1.29, 1.82) is 0 Å². The van der Waals surface area contributed by atoms with Gasteiger partial charge in [0.1, 0.15) is 0 Å². The lowest BCUT2D eigenvalue weighted by molar-refractivity contribution is 0.771. The SMILES string of the molecule is C=CCC1=CC(N)CC1. The molecule has 1 aliphatic rings. The molecule has 0 aromatic rings. The van der Waals surface area contributed by atoms with E-state index in [0.29, 0.717) is 6.04 Å². The maximum Gasteiger partial charge on any atom is 0.0229 e. The molecule has 0 aromatic heterocycles. The van der Waals surface area contributed by atoms with E-state index in [2.05, 4.69) is 12.7 Å². The summed E-state index contributed by atoms with van der Waals surface area (Å²) in [4.78, 5) is 0. The lowest BCUT2D eigenvalue weighted by Crippen LogP contribution is -2.11. The molecule has 1 unspecified atom stereocenters. The largest absolute Gasteiger partial charge is 0.324 e. The van der Waals surface area contributed by atoms with Crippen LogP contribution in [-0.4, -0.2) is 6.04 Å². The van der Waals surface area contributed by atoms with Gasteiger partial charge >= 0.3 is 0 Å². The molecule has 1 atom stereocenters. The van der Waals surface area contributed by atoms with Gasteiger partial charge in [-0.05, 0) is 19.3 Å². The van der Waals surface area contributed by atoms with E-state index in [1.165, 1.54) is 12.0 Å². The van der Waals surface area contributed by atoms with Gasteiger partial charge in [-0.15, -0.1) is 6.58 Å². The smallest absolute Gasteiger partial charge is 0.0229 e. The summed E-state index contributed by atoms with van der Waals surface area (Å²) in [6, 6.07) is 0.319. The molecule has 0 aliphatic heterocycles. The topological polar surface area (TPSA) is 26.0 Å². The van der Waals surface area contributed by atoms with E-state index in [4.69, 9.17) is 5.73 Å². The van der Waals surface area contributed by atoms with Crippen LogP contribution in [-0.2, 0) is 0 Å². The first kappa shape index (κ1) is 6.56. The zero-order chi connectivity index (χ0) is 6.69. The highest BCUT2D eigenvalue weighted by atomic mass is 14.6. The molecular weight excluding hydrogens is 110 g/mol. The molecular formula is C8H13N. The van der Waals surface area contributed by atoms with Gasteiger partial charge in [-0.1, -0.05) is 17.7 Å². The molecule has 9 heavy (non-hydrogen) atoms. The highest BCUT2D eigenvalue weighted by Gasteiger charge is 2.09. The second kappa shape index (κ2) is 2.83. The molecule has 1 heteroatoms. The molecule has 0 spiro atoms. The predicted molar refractivity (Wildman–Crippen MR) is 40.1 cm³/mol. The van der Waals surface area contributed by atoms with Gasteiger partial charge in [-0.25, -0.2) is 0 Å². The van der Waals surface area contributed by atoms with Gasteiger partial charge in [0.05, 0.1) is 0 Å². The summed E-state index contributed by atoms with van der Waals surface area (Å²) in [6.45, 7) is 3.67. The zero-order valence-corrected chi connectivity index (χ0v) is 5.64.